The smallest absolute Gasteiger partial charge is 0.340 e. The summed E-state index contributed by atoms with van der Waals surface area (Å²) in [4.78, 5) is 43.4. The minimum absolute atomic E-state index is 0.137. The first-order chi connectivity index (χ1) is 8.43. The third-order valence-electron chi connectivity index (χ3n) is 2.28. The molecule has 0 radical (unpaired) electrons. The Morgan fingerprint density at radius 3 is 2.11 bits per heavy atom. The van der Waals surface area contributed by atoms with Gasteiger partial charge in [0.15, 0.2) is 0 Å². The number of hydrogen-bond donors (Lipinski definition) is 3. The number of nitrogens with zero attached hydrogens (tertiary/aromatic N) is 1. The molecule has 2 rings (SSSR count). The molecule has 0 bridgehead atoms. The van der Waals surface area contributed by atoms with Crippen molar-refractivity contribution < 1.29 is 19.8 Å². The maximum Gasteiger partial charge on any atom is 0.340 e. The Hall–Kier alpha value is -2.90. The van der Waals surface area contributed by atoms with Gasteiger partial charge in [0.25, 0.3) is 0 Å². The van der Waals surface area contributed by atoms with E-state index in [1.807, 2.05) is 0 Å². The first kappa shape index (κ1) is 11.6. The summed E-state index contributed by atoms with van der Waals surface area (Å²) < 4.78 is 0.591. The zero-order valence-electron chi connectivity index (χ0n) is 8.71. The van der Waals surface area contributed by atoms with E-state index >= 15 is 0 Å². The zero-order valence-corrected chi connectivity index (χ0v) is 8.71. The highest BCUT2D eigenvalue weighted by atomic mass is 16.4. The van der Waals surface area contributed by atoms with E-state index in [1.54, 1.807) is 0 Å². The van der Waals surface area contributed by atoms with E-state index in [9.17, 15) is 19.2 Å². The molecule has 8 heteroatoms. The summed E-state index contributed by atoms with van der Waals surface area (Å²) in [7, 11) is 0. The number of anilines is 1. The second-order valence-electron chi connectivity index (χ2n) is 3.40. The maximum atomic E-state index is 11.0. The second kappa shape index (κ2) is 3.84. The van der Waals surface area contributed by atoms with Gasteiger partial charge >= 0.3 is 23.1 Å². The van der Waals surface area contributed by atoms with Crippen LogP contribution in [0, 0.1) is 0 Å². The standard InChI is InChI=1S/C10H6N2O6/c13-7-8(14)12(7)11-5-3-1-2-4(9(15)16)6(5)10(17)18/h1-3,11H,(H,15,16)(H,17,18). The summed E-state index contributed by atoms with van der Waals surface area (Å²) in [6.45, 7) is 0. The molecule has 92 valence electrons. The third kappa shape index (κ3) is 1.75. The lowest BCUT2D eigenvalue weighted by molar-refractivity contribution is 0.0652. The molecule has 0 aliphatic heterocycles. The quantitative estimate of drug-likeness (QED) is 0.616. The molecule has 2 aromatic rings. The molecule has 1 aromatic carbocycles. The minimum Gasteiger partial charge on any atom is -0.478 e. The van der Waals surface area contributed by atoms with E-state index < -0.39 is 34.2 Å². The van der Waals surface area contributed by atoms with Gasteiger partial charge in [-0.3, -0.25) is 15.0 Å². The molecule has 18 heavy (non-hydrogen) atoms. The number of carboxylic acid groups (broad SMARTS) is 2. The number of nitrogens with one attached hydrogen (secondary N) is 1. The van der Waals surface area contributed by atoms with Crippen LogP contribution in [0.15, 0.2) is 27.8 Å². The summed E-state index contributed by atoms with van der Waals surface area (Å²) in [6.07, 6.45) is 0. The predicted molar refractivity (Wildman–Crippen MR) is 58.7 cm³/mol. The number of carboxylic acids is 2. The lowest BCUT2D eigenvalue weighted by Crippen LogP contribution is -2.15. The van der Waals surface area contributed by atoms with Gasteiger partial charge in [-0.15, -0.1) is 0 Å². The lowest BCUT2D eigenvalue weighted by atomic mass is 10.1. The van der Waals surface area contributed by atoms with Crippen LogP contribution >= 0.6 is 0 Å². The molecule has 0 unspecified atom stereocenters. The van der Waals surface area contributed by atoms with E-state index in [0.29, 0.717) is 4.68 Å². The first-order valence-electron chi connectivity index (χ1n) is 4.68. The van der Waals surface area contributed by atoms with E-state index in [2.05, 4.69) is 5.43 Å². The van der Waals surface area contributed by atoms with Gasteiger partial charge in [0.05, 0.1) is 16.8 Å². The Kier molecular flexibility index (Phi) is 2.47. The van der Waals surface area contributed by atoms with Crippen LogP contribution in [0.2, 0.25) is 0 Å². The molecular weight excluding hydrogens is 244 g/mol. The van der Waals surface area contributed by atoms with Crippen LogP contribution < -0.4 is 16.5 Å². The van der Waals surface area contributed by atoms with Crippen LogP contribution in [-0.2, 0) is 0 Å². The molecule has 0 atom stereocenters. The molecule has 1 aromatic heterocycles. The Morgan fingerprint density at radius 1 is 1.06 bits per heavy atom. The SMILES string of the molecule is O=C(O)c1cccc(Nn2c(=O)c2=O)c1C(=O)O. The predicted octanol–water partition coefficient (Wildman–Crippen LogP) is -0.644. The number of benzene rings is 1. The number of carbonyl (C=O) groups is 2. The normalized spacial score (nSPS) is 10.4. The van der Waals surface area contributed by atoms with Crippen molar-refractivity contribution >= 4 is 17.6 Å². The third-order valence-corrected chi connectivity index (χ3v) is 2.28. The van der Waals surface area contributed by atoms with E-state index in [-0.39, 0.29) is 5.69 Å². The summed E-state index contributed by atoms with van der Waals surface area (Å²) in [6, 6.07) is 3.67. The monoisotopic (exact) mass is 250 g/mol. The van der Waals surface area contributed by atoms with Gasteiger partial charge in [-0.25, -0.2) is 9.59 Å². The molecule has 0 spiro atoms. The largest absolute Gasteiger partial charge is 0.478 e. The summed E-state index contributed by atoms with van der Waals surface area (Å²) in [5, 5.41) is 17.8. The highest BCUT2D eigenvalue weighted by Crippen LogP contribution is 2.20. The van der Waals surface area contributed by atoms with E-state index in [1.165, 1.54) is 12.1 Å². The summed E-state index contributed by atoms with van der Waals surface area (Å²) in [5.74, 6) is -2.89. The molecule has 1 heterocycles. The number of aromatic nitrogens is 1. The topological polar surface area (TPSA) is 126 Å². The Bertz CT molecular complexity index is 697. The molecule has 0 amide bonds. The van der Waals surface area contributed by atoms with Crippen molar-refractivity contribution in [3.63, 3.8) is 0 Å². The van der Waals surface area contributed by atoms with Crippen molar-refractivity contribution in [1.29, 1.82) is 0 Å². The highest BCUT2D eigenvalue weighted by molar-refractivity contribution is 6.05. The van der Waals surface area contributed by atoms with Crippen molar-refractivity contribution in [2.24, 2.45) is 0 Å². The molecule has 0 saturated heterocycles. The fraction of sp³-hybridized carbons (Fsp3) is 0. The van der Waals surface area contributed by atoms with Crippen molar-refractivity contribution in [1.82, 2.24) is 4.68 Å². The fourth-order valence-corrected chi connectivity index (χ4v) is 1.41. The van der Waals surface area contributed by atoms with Gasteiger partial charge in [-0.1, -0.05) is 6.07 Å². The average Bonchev–Trinajstić information content (AvgIpc) is 2.86. The maximum absolute atomic E-state index is 11.0. The van der Waals surface area contributed by atoms with Crippen molar-refractivity contribution in [2.45, 2.75) is 0 Å². The molecular formula is C10H6N2O6. The Labute approximate surface area is 98.4 Å². The van der Waals surface area contributed by atoms with Crippen LogP contribution in [0.5, 0.6) is 0 Å². The van der Waals surface area contributed by atoms with Gasteiger partial charge < -0.3 is 10.2 Å². The minimum atomic E-state index is -1.47. The van der Waals surface area contributed by atoms with Crippen molar-refractivity contribution in [3.05, 3.63) is 50.0 Å². The van der Waals surface area contributed by atoms with E-state index in [0.717, 1.165) is 6.07 Å². The van der Waals surface area contributed by atoms with Gasteiger partial charge in [0.1, 0.15) is 0 Å². The van der Waals surface area contributed by atoms with Crippen LogP contribution in [0.4, 0.5) is 5.69 Å². The molecule has 8 nitrogen and oxygen atoms in total. The molecule has 0 aliphatic carbocycles. The fourth-order valence-electron chi connectivity index (χ4n) is 1.41. The van der Waals surface area contributed by atoms with E-state index in [4.69, 9.17) is 10.2 Å². The lowest BCUT2D eigenvalue weighted by Gasteiger charge is -2.08. The van der Waals surface area contributed by atoms with Crippen LogP contribution in [0.3, 0.4) is 0 Å². The molecule has 3 N–H and O–H groups in total. The van der Waals surface area contributed by atoms with Gasteiger partial charge in [0.2, 0.25) is 0 Å². The molecule has 0 saturated carbocycles. The number of hydrogen-bond acceptors (Lipinski definition) is 5. The summed E-state index contributed by atoms with van der Waals surface area (Å²) >= 11 is 0. The second-order valence-corrected chi connectivity index (χ2v) is 3.40. The number of rotatable bonds is 4. The molecule has 0 fully saturated rings. The zero-order chi connectivity index (χ0) is 13.4. The Balaban J connectivity index is 2.53. The van der Waals surface area contributed by atoms with Gasteiger partial charge in [-0.05, 0) is 12.1 Å². The average molecular weight is 250 g/mol. The molecule has 0 aliphatic rings. The van der Waals surface area contributed by atoms with Crippen LogP contribution in [-0.4, -0.2) is 26.8 Å². The van der Waals surface area contributed by atoms with Crippen molar-refractivity contribution in [3.8, 4) is 0 Å². The van der Waals surface area contributed by atoms with Crippen molar-refractivity contribution in [2.75, 3.05) is 5.43 Å². The highest BCUT2D eigenvalue weighted by Gasteiger charge is 2.23. The summed E-state index contributed by atoms with van der Waals surface area (Å²) in [5.41, 5.74) is -0.465. The first-order valence-corrected chi connectivity index (χ1v) is 4.68. The van der Waals surface area contributed by atoms with Gasteiger partial charge in [0, 0.05) is 0 Å². The van der Waals surface area contributed by atoms with Crippen LogP contribution in [0.25, 0.3) is 0 Å². The number of aromatic carboxylic acids is 2. The Morgan fingerprint density at radius 2 is 1.67 bits per heavy atom. The van der Waals surface area contributed by atoms with Gasteiger partial charge in [-0.2, -0.15) is 4.68 Å². The van der Waals surface area contributed by atoms with Crippen LogP contribution in [0.1, 0.15) is 20.7 Å².